The van der Waals surface area contributed by atoms with Crippen LogP contribution in [0.2, 0.25) is 0 Å². The molecule has 1 aliphatic rings. The molecule has 1 aromatic heterocycles. The molecule has 0 aliphatic carbocycles. The molecule has 3 N–H and O–H groups in total. The van der Waals surface area contributed by atoms with Gasteiger partial charge < -0.3 is 16.0 Å². The Morgan fingerprint density at radius 1 is 1.55 bits per heavy atom. The van der Waals surface area contributed by atoms with E-state index >= 15 is 0 Å². The molecule has 4 nitrogen and oxygen atoms in total. The molecule has 0 bridgehead atoms. The van der Waals surface area contributed by atoms with E-state index in [-0.39, 0.29) is 0 Å². The smallest absolute Gasteiger partial charge is 0.126 e. The molecule has 1 unspecified atom stereocenters. The van der Waals surface area contributed by atoms with Crippen molar-refractivity contribution in [3.8, 4) is 0 Å². The van der Waals surface area contributed by atoms with Gasteiger partial charge in [-0.25, -0.2) is 4.98 Å². The summed E-state index contributed by atoms with van der Waals surface area (Å²) in [6, 6.07) is 4.49. The minimum absolute atomic E-state index is 0.422. The van der Waals surface area contributed by atoms with Gasteiger partial charge in [0.15, 0.2) is 0 Å². The van der Waals surface area contributed by atoms with E-state index in [2.05, 4.69) is 29.0 Å². The molecule has 0 saturated carbocycles. The summed E-state index contributed by atoms with van der Waals surface area (Å²) in [6.07, 6.45) is 1.25. The highest BCUT2D eigenvalue weighted by atomic mass is 32.1. The monoisotopic (exact) mass is 292 g/mol. The number of aryl methyl sites for hydroxylation is 1. The van der Waals surface area contributed by atoms with Crippen molar-refractivity contribution in [2.24, 2.45) is 11.7 Å². The number of aromatic nitrogens is 1. The molecular formula is C15H24N4S. The zero-order valence-electron chi connectivity index (χ0n) is 12.5. The van der Waals surface area contributed by atoms with Gasteiger partial charge in [0.05, 0.1) is 0 Å². The number of nitrogens with one attached hydrogen (secondary N) is 1. The third kappa shape index (κ3) is 3.90. The van der Waals surface area contributed by atoms with Crippen LogP contribution in [-0.2, 0) is 0 Å². The zero-order chi connectivity index (χ0) is 14.7. The fraction of sp³-hybridized carbons (Fsp3) is 0.600. The van der Waals surface area contributed by atoms with E-state index in [0.717, 1.165) is 23.6 Å². The Bertz CT molecular complexity index is 487. The first-order valence-electron chi connectivity index (χ1n) is 7.22. The summed E-state index contributed by atoms with van der Waals surface area (Å²) in [5.41, 5.74) is 7.51. The molecule has 1 aromatic rings. The number of rotatable bonds is 5. The van der Waals surface area contributed by atoms with Crippen LogP contribution in [0.5, 0.6) is 0 Å². The average molecular weight is 292 g/mol. The second-order valence-corrected chi connectivity index (χ2v) is 6.31. The lowest BCUT2D eigenvalue weighted by atomic mass is 10.1. The van der Waals surface area contributed by atoms with Crippen LogP contribution in [0.15, 0.2) is 12.1 Å². The number of hydrogen-bond acceptors (Lipinski definition) is 4. The van der Waals surface area contributed by atoms with Crippen LogP contribution in [0, 0.1) is 12.8 Å². The van der Waals surface area contributed by atoms with E-state index in [1.165, 1.54) is 19.5 Å². The van der Waals surface area contributed by atoms with E-state index in [4.69, 9.17) is 18.0 Å². The van der Waals surface area contributed by atoms with Gasteiger partial charge in [0.1, 0.15) is 10.8 Å². The maximum atomic E-state index is 5.69. The highest BCUT2D eigenvalue weighted by molar-refractivity contribution is 7.80. The third-order valence-corrected chi connectivity index (χ3v) is 4.09. The summed E-state index contributed by atoms with van der Waals surface area (Å²) in [5.74, 6) is 1.56. The predicted octanol–water partition coefficient (Wildman–Crippen LogP) is 2.17. The molecule has 2 heterocycles. The SMILES string of the molecule is Cc1cc(C(N)=S)cc(NCC2CCN(C(C)C)C2)n1. The Morgan fingerprint density at radius 2 is 2.30 bits per heavy atom. The van der Waals surface area contributed by atoms with Crippen LogP contribution in [0.25, 0.3) is 0 Å². The van der Waals surface area contributed by atoms with Crippen molar-refractivity contribution in [3.05, 3.63) is 23.4 Å². The van der Waals surface area contributed by atoms with Gasteiger partial charge in [-0.2, -0.15) is 0 Å². The number of hydrogen-bond donors (Lipinski definition) is 2. The summed E-state index contributed by atoms with van der Waals surface area (Å²) >= 11 is 5.03. The molecule has 1 fully saturated rings. The number of nitrogens with two attached hydrogens (primary N) is 1. The van der Waals surface area contributed by atoms with E-state index in [0.29, 0.717) is 16.9 Å². The summed E-state index contributed by atoms with van der Waals surface area (Å²) in [7, 11) is 0. The van der Waals surface area contributed by atoms with Gasteiger partial charge in [0, 0.05) is 30.4 Å². The van der Waals surface area contributed by atoms with E-state index in [9.17, 15) is 0 Å². The summed E-state index contributed by atoms with van der Waals surface area (Å²) in [5, 5.41) is 3.43. The number of pyridine rings is 1. The highest BCUT2D eigenvalue weighted by Crippen LogP contribution is 2.19. The Labute approximate surface area is 126 Å². The maximum absolute atomic E-state index is 5.69. The van der Waals surface area contributed by atoms with Crippen LogP contribution in [0.3, 0.4) is 0 Å². The van der Waals surface area contributed by atoms with Crippen molar-refractivity contribution in [2.45, 2.75) is 33.2 Å². The van der Waals surface area contributed by atoms with Gasteiger partial charge in [-0.15, -0.1) is 0 Å². The molecule has 5 heteroatoms. The topological polar surface area (TPSA) is 54.2 Å². The minimum atomic E-state index is 0.422. The first kappa shape index (κ1) is 15.2. The van der Waals surface area contributed by atoms with Crippen LogP contribution >= 0.6 is 12.2 Å². The van der Waals surface area contributed by atoms with Crippen LogP contribution in [0.1, 0.15) is 31.5 Å². The van der Waals surface area contributed by atoms with Gasteiger partial charge in [-0.3, -0.25) is 0 Å². The number of likely N-dealkylation sites (tertiary alicyclic amines) is 1. The van der Waals surface area contributed by atoms with Crippen LogP contribution < -0.4 is 11.1 Å². The molecule has 0 aromatic carbocycles. The number of nitrogens with zero attached hydrogens (tertiary/aromatic N) is 2. The Balaban J connectivity index is 1.93. The molecule has 1 saturated heterocycles. The van der Waals surface area contributed by atoms with Crippen molar-refractivity contribution in [2.75, 3.05) is 25.0 Å². The average Bonchev–Trinajstić information content (AvgIpc) is 2.84. The quantitative estimate of drug-likeness (QED) is 0.815. The standard InChI is InChI=1S/C15H24N4S/c1-10(2)19-5-4-12(9-19)8-17-14-7-13(15(16)20)6-11(3)18-14/h6-7,10,12H,4-5,8-9H2,1-3H3,(H2,16,20)(H,17,18). The molecule has 1 aliphatic heterocycles. The fourth-order valence-electron chi connectivity index (χ4n) is 2.65. The highest BCUT2D eigenvalue weighted by Gasteiger charge is 2.23. The van der Waals surface area contributed by atoms with Crippen molar-refractivity contribution in [1.82, 2.24) is 9.88 Å². The second kappa shape index (κ2) is 6.50. The van der Waals surface area contributed by atoms with Crippen molar-refractivity contribution < 1.29 is 0 Å². The molecule has 1 atom stereocenters. The molecule has 0 spiro atoms. The van der Waals surface area contributed by atoms with Gasteiger partial charge in [0.25, 0.3) is 0 Å². The molecule has 0 radical (unpaired) electrons. The Kier molecular flexibility index (Phi) is 4.94. The van der Waals surface area contributed by atoms with Crippen molar-refractivity contribution >= 4 is 23.0 Å². The van der Waals surface area contributed by atoms with Crippen LogP contribution in [-0.4, -0.2) is 40.5 Å². The fourth-order valence-corrected chi connectivity index (χ4v) is 2.77. The predicted molar refractivity (Wildman–Crippen MR) is 88.2 cm³/mol. The molecule has 20 heavy (non-hydrogen) atoms. The molecular weight excluding hydrogens is 268 g/mol. The van der Waals surface area contributed by atoms with Crippen molar-refractivity contribution in [1.29, 1.82) is 0 Å². The van der Waals surface area contributed by atoms with Gasteiger partial charge in [-0.1, -0.05) is 12.2 Å². The second-order valence-electron chi connectivity index (χ2n) is 5.87. The third-order valence-electron chi connectivity index (χ3n) is 3.86. The zero-order valence-corrected chi connectivity index (χ0v) is 13.3. The van der Waals surface area contributed by atoms with Gasteiger partial charge in [-0.05, 0) is 51.8 Å². The maximum Gasteiger partial charge on any atom is 0.126 e. The van der Waals surface area contributed by atoms with E-state index < -0.39 is 0 Å². The lowest BCUT2D eigenvalue weighted by molar-refractivity contribution is 0.266. The van der Waals surface area contributed by atoms with E-state index in [1.807, 2.05) is 19.1 Å². The lowest BCUT2D eigenvalue weighted by Crippen LogP contribution is -2.29. The minimum Gasteiger partial charge on any atom is -0.389 e. The number of thiocarbonyl (C=S) groups is 1. The van der Waals surface area contributed by atoms with Crippen LogP contribution in [0.4, 0.5) is 5.82 Å². The normalized spacial score (nSPS) is 19.5. The molecule has 110 valence electrons. The first-order chi connectivity index (χ1) is 9.45. The van der Waals surface area contributed by atoms with Gasteiger partial charge in [0.2, 0.25) is 0 Å². The van der Waals surface area contributed by atoms with Gasteiger partial charge >= 0.3 is 0 Å². The largest absolute Gasteiger partial charge is 0.389 e. The molecule has 0 amide bonds. The summed E-state index contributed by atoms with van der Waals surface area (Å²) in [4.78, 5) is 7.44. The first-order valence-corrected chi connectivity index (χ1v) is 7.63. The Hall–Kier alpha value is -1.20. The number of anilines is 1. The van der Waals surface area contributed by atoms with Crippen molar-refractivity contribution in [3.63, 3.8) is 0 Å². The summed E-state index contributed by atoms with van der Waals surface area (Å²) < 4.78 is 0. The lowest BCUT2D eigenvalue weighted by Gasteiger charge is -2.20. The Morgan fingerprint density at radius 3 is 2.90 bits per heavy atom. The summed E-state index contributed by atoms with van der Waals surface area (Å²) in [6.45, 7) is 9.79. The molecule has 2 rings (SSSR count). The van der Waals surface area contributed by atoms with E-state index in [1.54, 1.807) is 0 Å².